The number of carbonyl (C=O) groups is 1. The molecule has 0 bridgehead atoms. The Morgan fingerprint density at radius 1 is 1.12 bits per heavy atom. The van der Waals surface area contributed by atoms with E-state index in [9.17, 15) is 4.79 Å². The van der Waals surface area contributed by atoms with Crippen LogP contribution in [0.15, 0.2) is 54.6 Å². The van der Waals surface area contributed by atoms with E-state index in [-0.39, 0.29) is 12.0 Å². The minimum Gasteiger partial charge on any atom is -0.491 e. The molecular weight excluding hydrogens is 326 g/mol. The zero-order valence-corrected chi connectivity index (χ0v) is 15.5. The van der Waals surface area contributed by atoms with E-state index < -0.39 is 5.41 Å². The lowest BCUT2D eigenvalue weighted by Gasteiger charge is -2.36. The van der Waals surface area contributed by atoms with Gasteiger partial charge in [-0.1, -0.05) is 37.3 Å². The second kappa shape index (κ2) is 8.37. The summed E-state index contributed by atoms with van der Waals surface area (Å²) in [6, 6.07) is 17.6. The monoisotopic (exact) mass is 353 g/mol. The van der Waals surface area contributed by atoms with Crippen molar-refractivity contribution in [3.63, 3.8) is 0 Å². The number of hydrogen-bond donors (Lipinski definition) is 1. The Morgan fingerprint density at radius 2 is 1.77 bits per heavy atom. The summed E-state index contributed by atoms with van der Waals surface area (Å²) in [4.78, 5) is 13.2. The molecule has 1 fully saturated rings. The Balaban J connectivity index is 1.76. The maximum Gasteiger partial charge on any atom is 0.235 e. The summed E-state index contributed by atoms with van der Waals surface area (Å²) in [5.74, 6) is 0.851. The van der Waals surface area contributed by atoms with Crippen LogP contribution in [0.3, 0.4) is 0 Å². The number of anilines is 1. The number of rotatable bonds is 6. The Kier molecular flexibility index (Phi) is 5.94. The summed E-state index contributed by atoms with van der Waals surface area (Å²) in [6.07, 6.45) is 2.52. The molecule has 1 aliphatic heterocycles. The molecule has 0 saturated carbocycles. The van der Waals surface area contributed by atoms with Gasteiger partial charge in [-0.2, -0.15) is 0 Å². The highest BCUT2D eigenvalue weighted by molar-refractivity contribution is 5.99. The maximum atomic E-state index is 13.2. The average molecular weight is 353 g/mol. The van der Waals surface area contributed by atoms with E-state index in [0.29, 0.717) is 26.1 Å². The highest BCUT2D eigenvalue weighted by Gasteiger charge is 2.41. The third-order valence-corrected chi connectivity index (χ3v) is 5.13. The van der Waals surface area contributed by atoms with E-state index in [2.05, 4.69) is 12.2 Å². The third-order valence-electron chi connectivity index (χ3n) is 5.13. The smallest absolute Gasteiger partial charge is 0.235 e. The molecule has 1 heterocycles. The van der Waals surface area contributed by atoms with Crippen LogP contribution in [0.4, 0.5) is 5.69 Å². The van der Waals surface area contributed by atoms with Crippen molar-refractivity contribution in [2.24, 2.45) is 0 Å². The van der Waals surface area contributed by atoms with Gasteiger partial charge in [0.1, 0.15) is 5.75 Å². The SMILES string of the molecule is CC[C@@H](C)Oc1ccc(NC(=O)C2(c3ccccc3)CCOCC2)cc1. The Hall–Kier alpha value is -2.33. The number of amides is 1. The Bertz CT molecular complexity index is 706. The van der Waals surface area contributed by atoms with Crippen LogP contribution in [0.1, 0.15) is 38.7 Å². The molecule has 26 heavy (non-hydrogen) atoms. The Morgan fingerprint density at radius 3 is 2.38 bits per heavy atom. The highest BCUT2D eigenvalue weighted by atomic mass is 16.5. The molecule has 0 unspecified atom stereocenters. The van der Waals surface area contributed by atoms with Crippen molar-refractivity contribution < 1.29 is 14.3 Å². The van der Waals surface area contributed by atoms with Crippen molar-refractivity contribution in [3.8, 4) is 5.75 Å². The molecule has 0 radical (unpaired) electrons. The van der Waals surface area contributed by atoms with Gasteiger partial charge in [0.05, 0.1) is 11.5 Å². The number of carbonyl (C=O) groups excluding carboxylic acids is 1. The molecule has 0 aliphatic carbocycles. The van der Waals surface area contributed by atoms with E-state index in [0.717, 1.165) is 23.4 Å². The normalized spacial score (nSPS) is 17.3. The predicted octanol–water partition coefficient (Wildman–Crippen LogP) is 4.55. The molecule has 4 heteroatoms. The number of hydrogen-bond acceptors (Lipinski definition) is 3. The quantitative estimate of drug-likeness (QED) is 0.829. The van der Waals surface area contributed by atoms with Gasteiger partial charge >= 0.3 is 0 Å². The van der Waals surface area contributed by atoms with Gasteiger partial charge in [-0.15, -0.1) is 0 Å². The van der Waals surface area contributed by atoms with Crippen LogP contribution in [0.2, 0.25) is 0 Å². The van der Waals surface area contributed by atoms with E-state index in [1.807, 2.05) is 61.5 Å². The fourth-order valence-corrected chi connectivity index (χ4v) is 3.31. The van der Waals surface area contributed by atoms with Gasteiger partial charge in [-0.05, 0) is 56.0 Å². The minimum atomic E-state index is -0.536. The molecule has 1 saturated heterocycles. The third kappa shape index (κ3) is 4.07. The van der Waals surface area contributed by atoms with Crippen molar-refractivity contribution in [2.45, 2.75) is 44.6 Å². The molecule has 1 atom stereocenters. The average Bonchev–Trinajstić information content (AvgIpc) is 2.70. The molecule has 2 aromatic carbocycles. The van der Waals surface area contributed by atoms with E-state index in [1.165, 1.54) is 0 Å². The van der Waals surface area contributed by atoms with Crippen LogP contribution in [0.5, 0.6) is 5.75 Å². The van der Waals surface area contributed by atoms with Gasteiger partial charge in [0.25, 0.3) is 0 Å². The van der Waals surface area contributed by atoms with Crippen LogP contribution < -0.4 is 10.1 Å². The van der Waals surface area contributed by atoms with Crippen molar-refractivity contribution in [1.82, 2.24) is 0 Å². The summed E-state index contributed by atoms with van der Waals surface area (Å²) in [5, 5.41) is 3.10. The van der Waals surface area contributed by atoms with Crippen molar-refractivity contribution in [2.75, 3.05) is 18.5 Å². The molecule has 2 aromatic rings. The van der Waals surface area contributed by atoms with Crippen LogP contribution in [-0.2, 0) is 14.9 Å². The first-order valence-corrected chi connectivity index (χ1v) is 9.35. The molecule has 4 nitrogen and oxygen atoms in total. The minimum absolute atomic E-state index is 0.0302. The van der Waals surface area contributed by atoms with Gasteiger partial charge < -0.3 is 14.8 Å². The molecule has 1 amide bonds. The molecule has 1 N–H and O–H groups in total. The molecule has 138 valence electrons. The zero-order chi connectivity index (χ0) is 18.4. The topological polar surface area (TPSA) is 47.6 Å². The van der Waals surface area contributed by atoms with Gasteiger partial charge in [0.15, 0.2) is 0 Å². The zero-order valence-electron chi connectivity index (χ0n) is 15.5. The molecule has 0 spiro atoms. The van der Waals surface area contributed by atoms with E-state index in [4.69, 9.17) is 9.47 Å². The van der Waals surface area contributed by atoms with Crippen molar-refractivity contribution >= 4 is 11.6 Å². The first kappa shape index (κ1) is 18.5. The lowest BCUT2D eigenvalue weighted by Crippen LogP contribution is -2.44. The number of nitrogens with one attached hydrogen (secondary N) is 1. The van der Waals surface area contributed by atoms with Gasteiger partial charge in [0, 0.05) is 18.9 Å². The van der Waals surface area contributed by atoms with Crippen molar-refractivity contribution in [1.29, 1.82) is 0 Å². The second-order valence-electron chi connectivity index (χ2n) is 6.88. The molecule has 3 rings (SSSR count). The summed E-state index contributed by atoms with van der Waals surface area (Å²) in [5.41, 5.74) is 1.30. The van der Waals surface area contributed by atoms with E-state index in [1.54, 1.807) is 0 Å². The predicted molar refractivity (Wildman–Crippen MR) is 104 cm³/mol. The van der Waals surface area contributed by atoms with Crippen LogP contribution in [0.25, 0.3) is 0 Å². The number of ether oxygens (including phenoxy) is 2. The summed E-state index contributed by atoms with van der Waals surface area (Å²) in [7, 11) is 0. The lowest BCUT2D eigenvalue weighted by molar-refractivity contribution is -0.125. The summed E-state index contributed by atoms with van der Waals surface area (Å²) >= 11 is 0. The highest BCUT2D eigenvalue weighted by Crippen LogP contribution is 2.36. The fraction of sp³-hybridized carbons (Fsp3) is 0.409. The van der Waals surface area contributed by atoms with E-state index >= 15 is 0 Å². The van der Waals surface area contributed by atoms with Gasteiger partial charge in [-0.3, -0.25) is 4.79 Å². The molecule has 0 aromatic heterocycles. The summed E-state index contributed by atoms with van der Waals surface area (Å²) < 4.78 is 11.3. The number of benzene rings is 2. The standard InChI is InChI=1S/C22H27NO3/c1-3-17(2)26-20-11-9-19(10-12-20)23-21(24)22(13-15-25-16-14-22)18-7-5-4-6-8-18/h4-12,17H,3,13-16H2,1-2H3,(H,23,24)/t17-/m1/s1. The Labute approximate surface area is 155 Å². The fourth-order valence-electron chi connectivity index (χ4n) is 3.31. The van der Waals surface area contributed by atoms with Crippen molar-refractivity contribution in [3.05, 3.63) is 60.2 Å². The van der Waals surface area contributed by atoms with Gasteiger partial charge in [0.2, 0.25) is 5.91 Å². The van der Waals surface area contributed by atoms with Gasteiger partial charge in [-0.25, -0.2) is 0 Å². The first-order valence-electron chi connectivity index (χ1n) is 9.35. The maximum absolute atomic E-state index is 13.2. The lowest BCUT2D eigenvalue weighted by atomic mass is 9.73. The largest absolute Gasteiger partial charge is 0.491 e. The van der Waals surface area contributed by atoms with Crippen LogP contribution in [-0.4, -0.2) is 25.2 Å². The molecule has 1 aliphatic rings. The van der Waals surface area contributed by atoms with Crippen LogP contribution >= 0.6 is 0 Å². The molecular formula is C22H27NO3. The first-order chi connectivity index (χ1) is 12.6. The second-order valence-corrected chi connectivity index (χ2v) is 6.88. The van der Waals surface area contributed by atoms with Crippen LogP contribution in [0, 0.1) is 0 Å². The summed E-state index contributed by atoms with van der Waals surface area (Å²) in [6.45, 7) is 5.34.